The van der Waals surface area contributed by atoms with Crippen LogP contribution in [0.2, 0.25) is 0 Å². The largest absolute Gasteiger partial charge is 0.326 e. The smallest absolute Gasteiger partial charge is 0.229 e. The molecule has 0 spiro atoms. The van der Waals surface area contributed by atoms with Crippen LogP contribution in [0.15, 0.2) is 30.5 Å². The molecule has 0 saturated heterocycles. The molecular weight excluding hydrogens is 335 g/mol. The number of hydrogen-bond donors (Lipinski definition) is 3. The van der Waals surface area contributed by atoms with Gasteiger partial charge in [0.1, 0.15) is 19.5 Å². The number of nitrogens with zero attached hydrogens (tertiary/aromatic N) is 3. The van der Waals surface area contributed by atoms with Crippen molar-refractivity contribution in [3.05, 3.63) is 47.3 Å². The van der Waals surface area contributed by atoms with Gasteiger partial charge in [-0.25, -0.2) is 4.98 Å². The summed E-state index contributed by atoms with van der Waals surface area (Å²) in [5.41, 5.74) is 5.60. The molecule has 1 aromatic carbocycles. The van der Waals surface area contributed by atoms with Crippen LogP contribution in [0.4, 0.5) is 23.3 Å². The van der Waals surface area contributed by atoms with E-state index < -0.39 is 0 Å². The van der Waals surface area contributed by atoms with E-state index in [2.05, 4.69) is 75.8 Å². The van der Waals surface area contributed by atoms with Crippen LogP contribution in [0.3, 0.4) is 0 Å². The third-order valence-electron chi connectivity index (χ3n) is 4.99. The van der Waals surface area contributed by atoms with Crippen molar-refractivity contribution in [2.75, 3.05) is 10.6 Å². The average molecular weight is 360 g/mol. The van der Waals surface area contributed by atoms with Crippen molar-refractivity contribution in [2.24, 2.45) is 0 Å². The second-order valence-corrected chi connectivity index (χ2v) is 7.69. The Morgan fingerprint density at radius 2 is 2.00 bits per heavy atom. The molecule has 1 aliphatic carbocycles. The molecule has 1 aliphatic rings. The van der Waals surface area contributed by atoms with Gasteiger partial charge in [0.05, 0.1) is 5.69 Å². The molecule has 0 aliphatic heterocycles. The zero-order chi connectivity index (χ0) is 19.0. The minimum Gasteiger partial charge on any atom is -0.326 e. The van der Waals surface area contributed by atoms with E-state index in [-0.39, 0.29) is 0 Å². The van der Waals surface area contributed by atoms with Crippen molar-refractivity contribution in [3.63, 3.8) is 0 Å². The fourth-order valence-corrected chi connectivity index (χ4v) is 3.00. The van der Waals surface area contributed by atoms with Gasteiger partial charge in [-0.2, -0.15) is 10.1 Å². The van der Waals surface area contributed by atoms with E-state index in [1.54, 1.807) is 0 Å². The molecule has 0 bridgehead atoms. The minimum absolute atomic E-state index is 0.475. The summed E-state index contributed by atoms with van der Waals surface area (Å²) in [5.74, 6) is 3.31. The number of nitrogens with one attached hydrogen (secondary N) is 3. The number of aryl methyl sites for hydroxylation is 1. The maximum Gasteiger partial charge on any atom is 0.229 e. The molecular formula is C20H25BN6. The highest BCUT2D eigenvalue weighted by atomic mass is 15.2. The Morgan fingerprint density at radius 1 is 1.19 bits per heavy atom. The summed E-state index contributed by atoms with van der Waals surface area (Å²) < 4.78 is 0. The van der Waals surface area contributed by atoms with Crippen LogP contribution < -0.4 is 16.1 Å². The Kier molecular flexibility index (Phi) is 4.60. The molecule has 3 aromatic rings. The van der Waals surface area contributed by atoms with E-state index in [1.165, 1.54) is 24.0 Å². The van der Waals surface area contributed by atoms with Gasteiger partial charge < -0.3 is 10.6 Å². The summed E-state index contributed by atoms with van der Waals surface area (Å²) in [6.45, 7) is 6.47. The highest BCUT2D eigenvalue weighted by Gasteiger charge is 2.26. The van der Waals surface area contributed by atoms with E-state index in [1.807, 2.05) is 14.0 Å². The quantitative estimate of drug-likeness (QED) is 0.588. The monoisotopic (exact) mass is 360 g/mol. The lowest BCUT2D eigenvalue weighted by Gasteiger charge is -2.14. The Labute approximate surface area is 160 Å². The lowest BCUT2D eigenvalue weighted by molar-refractivity contribution is 0.866. The van der Waals surface area contributed by atoms with Crippen LogP contribution in [0.25, 0.3) is 0 Å². The van der Waals surface area contributed by atoms with Crippen LogP contribution in [-0.4, -0.2) is 28.0 Å². The van der Waals surface area contributed by atoms with Crippen molar-refractivity contribution in [3.8, 4) is 0 Å². The molecule has 3 N–H and O–H groups in total. The molecule has 7 heteroatoms. The summed E-state index contributed by atoms with van der Waals surface area (Å²) >= 11 is 0. The van der Waals surface area contributed by atoms with Crippen LogP contribution in [0, 0.1) is 6.92 Å². The number of aromatic nitrogens is 4. The summed E-state index contributed by atoms with van der Waals surface area (Å²) in [4.78, 5) is 9.11. The van der Waals surface area contributed by atoms with Crippen molar-refractivity contribution in [2.45, 2.75) is 45.4 Å². The van der Waals surface area contributed by atoms with E-state index in [0.717, 1.165) is 28.5 Å². The van der Waals surface area contributed by atoms with Crippen LogP contribution in [0.1, 0.15) is 55.3 Å². The Hall–Kier alpha value is -2.83. The van der Waals surface area contributed by atoms with E-state index >= 15 is 0 Å². The van der Waals surface area contributed by atoms with E-state index in [0.29, 0.717) is 17.8 Å². The first-order chi connectivity index (χ1) is 13.0. The SMILES string of the molecule is Bc1cnc(Nc2cc(C(C)C)ccc2C)nc1Nc1cc(C2CC2)n[nH]1. The lowest BCUT2D eigenvalue weighted by Crippen LogP contribution is -2.15. The number of rotatable bonds is 6. The van der Waals surface area contributed by atoms with Gasteiger partial charge >= 0.3 is 0 Å². The van der Waals surface area contributed by atoms with Crippen LogP contribution in [0.5, 0.6) is 0 Å². The molecule has 2 heterocycles. The fourth-order valence-electron chi connectivity index (χ4n) is 3.00. The van der Waals surface area contributed by atoms with Gasteiger partial charge in [-0.15, -0.1) is 0 Å². The Morgan fingerprint density at radius 3 is 2.74 bits per heavy atom. The maximum atomic E-state index is 4.67. The van der Waals surface area contributed by atoms with E-state index in [4.69, 9.17) is 0 Å². The predicted octanol–water partition coefficient (Wildman–Crippen LogP) is 3.25. The second-order valence-electron chi connectivity index (χ2n) is 7.69. The van der Waals surface area contributed by atoms with Gasteiger partial charge in [0, 0.05) is 23.9 Å². The molecule has 27 heavy (non-hydrogen) atoms. The molecule has 0 amide bonds. The third kappa shape index (κ3) is 3.97. The van der Waals surface area contributed by atoms with Crippen LogP contribution in [-0.2, 0) is 0 Å². The van der Waals surface area contributed by atoms with Crippen molar-refractivity contribution < 1.29 is 0 Å². The van der Waals surface area contributed by atoms with Crippen LogP contribution >= 0.6 is 0 Å². The zero-order valence-corrected chi connectivity index (χ0v) is 16.3. The average Bonchev–Trinajstić information content (AvgIpc) is 3.39. The summed E-state index contributed by atoms with van der Waals surface area (Å²) in [6, 6.07) is 8.55. The molecule has 0 atom stereocenters. The first kappa shape index (κ1) is 17.6. The van der Waals surface area contributed by atoms with Gasteiger partial charge in [-0.05, 0) is 48.3 Å². The molecule has 6 nitrogen and oxygen atoms in total. The van der Waals surface area contributed by atoms with Gasteiger partial charge in [-0.3, -0.25) is 5.10 Å². The predicted molar refractivity (Wildman–Crippen MR) is 113 cm³/mol. The van der Waals surface area contributed by atoms with Crippen molar-refractivity contribution in [1.82, 2.24) is 20.2 Å². The molecule has 0 radical (unpaired) electrons. The van der Waals surface area contributed by atoms with Gasteiger partial charge in [0.25, 0.3) is 0 Å². The Balaban J connectivity index is 1.55. The zero-order valence-electron chi connectivity index (χ0n) is 16.3. The molecule has 138 valence electrons. The van der Waals surface area contributed by atoms with Crippen molar-refractivity contribution >= 4 is 36.6 Å². The van der Waals surface area contributed by atoms with Gasteiger partial charge in [-0.1, -0.05) is 26.0 Å². The first-order valence-electron chi connectivity index (χ1n) is 9.53. The summed E-state index contributed by atoms with van der Waals surface area (Å²) in [7, 11) is 1.99. The third-order valence-corrected chi connectivity index (χ3v) is 4.99. The topological polar surface area (TPSA) is 78.5 Å². The lowest BCUT2D eigenvalue weighted by atomic mass is 9.99. The fraction of sp³-hybridized carbons (Fsp3) is 0.350. The van der Waals surface area contributed by atoms with Gasteiger partial charge in [0.2, 0.25) is 5.95 Å². The number of hydrogen-bond acceptors (Lipinski definition) is 5. The maximum absolute atomic E-state index is 4.67. The number of benzene rings is 1. The Bertz CT molecular complexity index is 961. The highest BCUT2D eigenvalue weighted by Crippen LogP contribution is 2.39. The van der Waals surface area contributed by atoms with Crippen molar-refractivity contribution in [1.29, 1.82) is 0 Å². The normalized spacial score (nSPS) is 13.8. The van der Waals surface area contributed by atoms with E-state index in [9.17, 15) is 0 Å². The summed E-state index contributed by atoms with van der Waals surface area (Å²) in [5, 5.41) is 14.1. The minimum atomic E-state index is 0.475. The standard InChI is InChI=1S/C20H25BN6/c1-11(2)14-5-4-12(3)16(8-14)23-20-22-10-15(21)19(25-20)24-18-9-17(26-27-18)13-6-7-13/h4-5,8-11,13H,6-7,21H2,1-3H3,(H3,22,23,24,25,26,27). The second kappa shape index (κ2) is 7.06. The number of anilines is 4. The molecule has 1 saturated carbocycles. The first-order valence-corrected chi connectivity index (χ1v) is 9.53. The number of aromatic amines is 1. The summed E-state index contributed by atoms with van der Waals surface area (Å²) in [6.07, 6.45) is 4.30. The molecule has 0 unspecified atom stereocenters. The van der Waals surface area contributed by atoms with Gasteiger partial charge in [0.15, 0.2) is 0 Å². The molecule has 1 fully saturated rings. The molecule has 4 rings (SSSR count). The molecule has 2 aromatic heterocycles. The number of H-pyrrole nitrogens is 1. The highest BCUT2D eigenvalue weighted by molar-refractivity contribution is 6.35.